The molecule has 0 aliphatic heterocycles. The second kappa shape index (κ2) is 7.30. The zero-order chi connectivity index (χ0) is 10.9. The van der Waals surface area contributed by atoms with Crippen LogP contribution in [0.3, 0.4) is 0 Å². The molecule has 2 nitrogen and oxygen atoms in total. The molecule has 1 aromatic carbocycles. The Morgan fingerprint density at radius 2 is 1.87 bits per heavy atom. The summed E-state index contributed by atoms with van der Waals surface area (Å²) in [5.74, 6) is 0. The maximum absolute atomic E-state index is 5.27. The molecule has 0 amide bonds. The topological polar surface area (TPSA) is 21.3 Å². The zero-order valence-electron chi connectivity index (χ0n) is 9.75. The third-order valence-corrected chi connectivity index (χ3v) is 2.36. The third-order valence-electron chi connectivity index (χ3n) is 2.36. The lowest BCUT2D eigenvalue weighted by atomic mass is 10.1. The van der Waals surface area contributed by atoms with Crippen LogP contribution in [0.2, 0.25) is 0 Å². The molecule has 0 atom stereocenters. The van der Waals surface area contributed by atoms with Crippen LogP contribution in [0.15, 0.2) is 24.3 Å². The number of anilines is 1. The fraction of sp³-hybridized carbons (Fsp3) is 0.538. The van der Waals surface area contributed by atoms with Gasteiger partial charge in [0.25, 0.3) is 0 Å². The molecule has 2 heteroatoms. The number of nitrogens with one attached hydrogen (secondary N) is 1. The smallest absolute Gasteiger partial charge is 0.0482 e. The molecule has 0 aliphatic rings. The van der Waals surface area contributed by atoms with E-state index < -0.39 is 0 Å². The minimum atomic E-state index is 0.811. The number of aryl methyl sites for hydroxylation is 1. The first-order chi connectivity index (χ1) is 7.36. The quantitative estimate of drug-likeness (QED) is 0.694. The van der Waals surface area contributed by atoms with Gasteiger partial charge in [-0.3, -0.25) is 0 Å². The van der Waals surface area contributed by atoms with Crippen molar-refractivity contribution >= 4 is 5.69 Å². The molecule has 0 aliphatic carbocycles. The van der Waals surface area contributed by atoms with Gasteiger partial charge in [0.05, 0.1) is 0 Å². The Balaban J connectivity index is 2.20. The van der Waals surface area contributed by atoms with E-state index in [2.05, 4.69) is 36.5 Å². The Morgan fingerprint density at radius 1 is 1.13 bits per heavy atom. The van der Waals surface area contributed by atoms with Crippen LogP contribution in [-0.2, 0) is 11.2 Å². The van der Waals surface area contributed by atoms with Crippen molar-refractivity contribution in [3.63, 3.8) is 0 Å². The van der Waals surface area contributed by atoms with Crippen LogP contribution in [0.1, 0.15) is 25.8 Å². The monoisotopic (exact) mass is 207 g/mol. The molecule has 84 valence electrons. The molecule has 1 aromatic rings. The number of hydrogen-bond donors (Lipinski definition) is 1. The van der Waals surface area contributed by atoms with Gasteiger partial charge < -0.3 is 10.1 Å². The molecular formula is C13H21NO. The fourth-order valence-electron chi connectivity index (χ4n) is 1.41. The average molecular weight is 207 g/mol. The predicted octanol–water partition coefficient (Wildman–Crippen LogP) is 3.09. The van der Waals surface area contributed by atoms with Gasteiger partial charge in [0.1, 0.15) is 0 Å². The molecule has 0 bridgehead atoms. The second-order valence-corrected chi connectivity index (χ2v) is 3.53. The lowest BCUT2D eigenvalue weighted by Gasteiger charge is -2.06. The predicted molar refractivity (Wildman–Crippen MR) is 65.4 cm³/mol. The van der Waals surface area contributed by atoms with Crippen molar-refractivity contribution in [2.75, 3.05) is 25.1 Å². The van der Waals surface area contributed by atoms with E-state index in [9.17, 15) is 0 Å². The normalized spacial score (nSPS) is 10.3. The molecule has 1 rings (SSSR count). The van der Waals surface area contributed by atoms with Crippen LogP contribution in [0.5, 0.6) is 0 Å². The Bertz CT molecular complexity index is 256. The van der Waals surface area contributed by atoms with Crippen LogP contribution in [0.25, 0.3) is 0 Å². The van der Waals surface area contributed by atoms with E-state index in [0.717, 1.165) is 32.6 Å². The number of benzene rings is 1. The Labute approximate surface area is 92.6 Å². The largest absolute Gasteiger partial charge is 0.385 e. The van der Waals surface area contributed by atoms with Crippen LogP contribution in [-0.4, -0.2) is 19.8 Å². The number of ether oxygens (including phenoxy) is 1. The Morgan fingerprint density at radius 3 is 2.47 bits per heavy atom. The van der Waals surface area contributed by atoms with E-state index >= 15 is 0 Å². The minimum absolute atomic E-state index is 0.811. The maximum atomic E-state index is 5.27. The van der Waals surface area contributed by atoms with E-state index in [1.54, 1.807) is 0 Å². The first-order valence-electron chi connectivity index (χ1n) is 5.77. The summed E-state index contributed by atoms with van der Waals surface area (Å²) in [5.41, 5.74) is 2.58. The molecule has 0 radical (unpaired) electrons. The van der Waals surface area contributed by atoms with Crippen molar-refractivity contribution in [1.82, 2.24) is 0 Å². The molecule has 0 saturated heterocycles. The highest BCUT2D eigenvalue weighted by Gasteiger charge is 1.92. The van der Waals surface area contributed by atoms with Crippen molar-refractivity contribution in [1.29, 1.82) is 0 Å². The lowest BCUT2D eigenvalue weighted by molar-refractivity contribution is 0.147. The van der Waals surface area contributed by atoms with Gasteiger partial charge in [-0.25, -0.2) is 0 Å². The first-order valence-corrected chi connectivity index (χ1v) is 5.77. The van der Waals surface area contributed by atoms with E-state index in [0.29, 0.717) is 0 Å². The summed E-state index contributed by atoms with van der Waals surface area (Å²) in [6.07, 6.45) is 2.16. The summed E-state index contributed by atoms with van der Waals surface area (Å²) in [4.78, 5) is 0. The summed E-state index contributed by atoms with van der Waals surface area (Å²) in [5, 5.41) is 3.37. The molecular weight excluding hydrogens is 186 g/mol. The molecule has 1 N–H and O–H groups in total. The van der Waals surface area contributed by atoms with E-state index in [-0.39, 0.29) is 0 Å². The van der Waals surface area contributed by atoms with Gasteiger partial charge in [0, 0.05) is 25.4 Å². The van der Waals surface area contributed by atoms with Gasteiger partial charge in [-0.2, -0.15) is 0 Å². The van der Waals surface area contributed by atoms with Crippen LogP contribution >= 0.6 is 0 Å². The zero-order valence-corrected chi connectivity index (χ0v) is 9.75. The summed E-state index contributed by atoms with van der Waals surface area (Å²) in [6.45, 7) is 6.83. The van der Waals surface area contributed by atoms with Gasteiger partial charge in [-0.05, 0) is 37.5 Å². The van der Waals surface area contributed by atoms with Gasteiger partial charge in [0.15, 0.2) is 0 Å². The van der Waals surface area contributed by atoms with Gasteiger partial charge in [0.2, 0.25) is 0 Å². The first kappa shape index (κ1) is 12.1. The summed E-state index contributed by atoms with van der Waals surface area (Å²) in [6, 6.07) is 8.62. The second-order valence-electron chi connectivity index (χ2n) is 3.53. The highest BCUT2D eigenvalue weighted by Crippen LogP contribution is 2.09. The van der Waals surface area contributed by atoms with Crippen molar-refractivity contribution in [2.24, 2.45) is 0 Å². The van der Waals surface area contributed by atoms with E-state index in [1.165, 1.54) is 11.3 Å². The minimum Gasteiger partial charge on any atom is -0.385 e. The maximum Gasteiger partial charge on any atom is 0.0482 e. The lowest BCUT2D eigenvalue weighted by Crippen LogP contribution is -2.05. The highest BCUT2D eigenvalue weighted by atomic mass is 16.5. The summed E-state index contributed by atoms with van der Waals surface area (Å²) < 4.78 is 5.27. The highest BCUT2D eigenvalue weighted by molar-refractivity contribution is 5.44. The van der Waals surface area contributed by atoms with E-state index in [4.69, 9.17) is 4.74 Å². The molecule has 0 saturated carbocycles. The van der Waals surface area contributed by atoms with Crippen molar-refractivity contribution < 1.29 is 4.74 Å². The standard InChI is InChI=1S/C13H21NO/c1-3-12-6-8-13(9-7-12)14-10-5-11-15-4-2/h6-9,14H,3-5,10-11H2,1-2H3. The van der Waals surface area contributed by atoms with Crippen LogP contribution in [0, 0.1) is 0 Å². The third kappa shape index (κ3) is 4.84. The van der Waals surface area contributed by atoms with Gasteiger partial charge in [-0.15, -0.1) is 0 Å². The van der Waals surface area contributed by atoms with E-state index in [1.807, 2.05) is 6.92 Å². The number of rotatable bonds is 7. The average Bonchev–Trinajstić information content (AvgIpc) is 2.30. The number of hydrogen-bond acceptors (Lipinski definition) is 2. The molecule has 0 spiro atoms. The summed E-state index contributed by atoms with van der Waals surface area (Å²) in [7, 11) is 0. The Kier molecular flexibility index (Phi) is 5.86. The molecule has 0 unspecified atom stereocenters. The molecule has 0 heterocycles. The fourth-order valence-corrected chi connectivity index (χ4v) is 1.41. The SMILES string of the molecule is CCOCCCNc1ccc(CC)cc1. The van der Waals surface area contributed by atoms with Gasteiger partial charge >= 0.3 is 0 Å². The van der Waals surface area contributed by atoms with Crippen LogP contribution < -0.4 is 5.32 Å². The summed E-state index contributed by atoms with van der Waals surface area (Å²) >= 11 is 0. The molecule has 0 aromatic heterocycles. The van der Waals surface area contributed by atoms with Crippen LogP contribution in [0.4, 0.5) is 5.69 Å². The van der Waals surface area contributed by atoms with Crippen molar-refractivity contribution in [3.8, 4) is 0 Å². The molecule has 0 fully saturated rings. The van der Waals surface area contributed by atoms with Gasteiger partial charge in [-0.1, -0.05) is 19.1 Å². The van der Waals surface area contributed by atoms with Crippen molar-refractivity contribution in [2.45, 2.75) is 26.7 Å². The van der Waals surface area contributed by atoms with Crippen molar-refractivity contribution in [3.05, 3.63) is 29.8 Å². The molecule has 15 heavy (non-hydrogen) atoms. The Hall–Kier alpha value is -1.02.